The van der Waals surface area contributed by atoms with Crippen molar-refractivity contribution in [1.29, 1.82) is 0 Å². The highest BCUT2D eigenvalue weighted by Gasteiger charge is 2.29. The van der Waals surface area contributed by atoms with E-state index in [1.807, 2.05) is 4.90 Å². The lowest BCUT2D eigenvalue weighted by Crippen LogP contribution is -2.46. The van der Waals surface area contributed by atoms with Gasteiger partial charge in [0.1, 0.15) is 5.56 Å². The van der Waals surface area contributed by atoms with Crippen molar-refractivity contribution in [2.45, 2.75) is 25.8 Å². The molecule has 2 fully saturated rings. The van der Waals surface area contributed by atoms with E-state index < -0.39 is 17.2 Å². The molecule has 2 heterocycles. The summed E-state index contributed by atoms with van der Waals surface area (Å²) in [5.41, 5.74) is -0.193. The van der Waals surface area contributed by atoms with Crippen LogP contribution in [0.1, 0.15) is 36.2 Å². The molecule has 138 valence electrons. The Balaban J connectivity index is 1.85. The Bertz CT molecular complexity index is 928. The number of aromatic carboxylic acids is 1. The molecule has 1 saturated heterocycles. The summed E-state index contributed by atoms with van der Waals surface area (Å²) in [5.74, 6) is -1.69. The van der Waals surface area contributed by atoms with Crippen LogP contribution in [0.25, 0.3) is 10.9 Å². The van der Waals surface area contributed by atoms with E-state index in [2.05, 4.69) is 11.8 Å². The number of nitrogens with zero attached hydrogens (tertiary/aromatic N) is 3. The maximum Gasteiger partial charge on any atom is 0.341 e. The third kappa shape index (κ3) is 2.76. The molecule has 7 heteroatoms. The number of carboxylic acids is 1. The fourth-order valence-electron chi connectivity index (χ4n) is 3.74. The predicted octanol–water partition coefficient (Wildman–Crippen LogP) is 2.32. The Labute approximate surface area is 150 Å². The molecule has 1 aliphatic carbocycles. The molecule has 0 bridgehead atoms. The van der Waals surface area contributed by atoms with Crippen molar-refractivity contribution in [3.05, 3.63) is 39.9 Å². The smallest absolute Gasteiger partial charge is 0.341 e. The van der Waals surface area contributed by atoms with Crippen LogP contribution in [0.5, 0.6) is 0 Å². The molecule has 0 radical (unpaired) electrons. The Kier molecular flexibility index (Phi) is 4.19. The van der Waals surface area contributed by atoms with Gasteiger partial charge >= 0.3 is 5.97 Å². The quantitative estimate of drug-likeness (QED) is 0.908. The average Bonchev–Trinajstić information content (AvgIpc) is 3.47. The summed E-state index contributed by atoms with van der Waals surface area (Å²) in [4.78, 5) is 28.2. The molecule has 0 unspecified atom stereocenters. The zero-order valence-electron chi connectivity index (χ0n) is 14.7. The van der Waals surface area contributed by atoms with Gasteiger partial charge in [0.25, 0.3) is 0 Å². The van der Waals surface area contributed by atoms with Crippen molar-refractivity contribution in [1.82, 2.24) is 9.47 Å². The summed E-state index contributed by atoms with van der Waals surface area (Å²) >= 11 is 0. The van der Waals surface area contributed by atoms with Crippen LogP contribution in [0.4, 0.5) is 10.1 Å². The molecule has 0 amide bonds. The van der Waals surface area contributed by atoms with E-state index in [0.717, 1.165) is 45.6 Å². The highest BCUT2D eigenvalue weighted by molar-refractivity contribution is 5.93. The Morgan fingerprint density at radius 3 is 2.50 bits per heavy atom. The lowest BCUT2D eigenvalue weighted by atomic mass is 10.1. The Morgan fingerprint density at radius 2 is 1.92 bits per heavy atom. The molecule has 0 atom stereocenters. The SMILES string of the molecule is CCN1CCN(c2ccc3c(=O)c(C(=O)O)cn(C4CC4)c3c2F)CC1. The molecule has 2 aromatic rings. The second kappa shape index (κ2) is 6.39. The van der Waals surface area contributed by atoms with E-state index in [0.29, 0.717) is 5.69 Å². The first-order chi connectivity index (χ1) is 12.5. The summed E-state index contributed by atoms with van der Waals surface area (Å²) in [6, 6.07) is 3.26. The maximum atomic E-state index is 15.4. The molecular formula is C19H22FN3O3. The minimum atomic E-state index is -1.27. The number of rotatable bonds is 4. The number of halogens is 1. The summed E-state index contributed by atoms with van der Waals surface area (Å²) in [5, 5.41) is 9.45. The van der Waals surface area contributed by atoms with Crippen molar-refractivity contribution in [3.8, 4) is 0 Å². The molecule has 4 rings (SSSR count). The van der Waals surface area contributed by atoms with E-state index in [-0.39, 0.29) is 22.5 Å². The van der Waals surface area contributed by atoms with Crippen LogP contribution in [0.3, 0.4) is 0 Å². The number of hydrogen-bond acceptors (Lipinski definition) is 4. The Hall–Kier alpha value is -2.41. The molecule has 0 spiro atoms. The van der Waals surface area contributed by atoms with Gasteiger partial charge in [0.2, 0.25) is 5.43 Å². The van der Waals surface area contributed by atoms with E-state index in [1.54, 1.807) is 16.7 Å². The molecule has 1 aliphatic heterocycles. The van der Waals surface area contributed by atoms with Crippen LogP contribution in [-0.4, -0.2) is 53.3 Å². The van der Waals surface area contributed by atoms with Crippen LogP contribution < -0.4 is 10.3 Å². The third-order valence-corrected chi connectivity index (χ3v) is 5.44. The van der Waals surface area contributed by atoms with Gasteiger partial charge in [0.05, 0.1) is 11.2 Å². The van der Waals surface area contributed by atoms with E-state index in [1.165, 1.54) is 6.20 Å². The predicted molar refractivity (Wildman–Crippen MR) is 97.7 cm³/mol. The van der Waals surface area contributed by atoms with Gasteiger partial charge in [-0.05, 0) is 31.5 Å². The maximum absolute atomic E-state index is 15.4. The number of aromatic nitrogens is 1. The molecule has 1 aromatic carbocycles. The number of likely N-dealkylation sites (N-methyl/N-ethyl adjacent to an activating group) is 1. The van der Waals surface area contributed by atoms with Gasteiger partial charge in [0.15, 0.2) is 5.82 Å². The van der Waals surface area contributed by atoms with Crippen LogP contribution in [0.2, 0.25) is 0 Å². The van der Waals surface area contributed by atoms with Crippen LogP contribution in [-0.2, 0) is 0 Å². The minimum Gasteiger partial charge on any atom is -0.477 e. The monoisotopic (exact) mass is 359 g/mol. The van der Waals surface area contributed by atoms with Crippen molar-refractivity contribution in [2.24, 2.45) is 0 Å². The largest absolute Gasteiger partial charge is 0.477 e. The summed E-state index contributed by atoms with van der Waals surface area (Å²) in [6.07, 6.45) is 3.05. The number of benzene rings is 1. The molecule has 2 aliphatic rings. The average molecular weight is 359 g/mol. The second-order valence-electron chi connectivity index (χ2n) is 7.03. The first-order valence-corrected chi connectivity index (χ1v) is 9.09. The van der Waals surface area contributed by atoms with Gasteiger partial charge in [-0.3, -0.25) is 4.79 Å². The lowest BCUT2D eigenvalue weighted by Gasteiger charge is -2.35. The van der Waals surface area contributed by atoms with Gasteiger partial charge in [0, 0.05) is 43.8 Å². The van der Waals surface area contributed by atoms with Gasteiger partial charge in [-0.25, -0.2) is 9.18 Å². The van der Waals surface area contributed by atoms with E-state index >= 15 is 4.39 Å². The number of piperazine rings is 1. The molecular weight excluding hydrogens is 337 g/mol. The fourth-order valence-corrected chi connectivity index (χ4v) is 3.74. The summed E-state index contributed by atoms with van der Waals surface area (Å²) < 4.78 is 17.1. The van der Waals surface area contributed by atoms with Crippen molar-refractivity contribution < 1.29 is 14.3 Å². The first kappa shape index (κ1) is 17.0. The topological polar surface area (TPSA) is 65.8 Å². The number of carboxylic acid groups (broad SMARTS) is 1. The number of carbonyl (C=O) groups is 1. The standard InChI is InChI=1S/C19H22FN3O3/c1-2-21-7-9-22(10-8-21)15-6-5-13-17(16(15)20)23(12-3-4-12)11-14(18(13)24)19(25)26/h5-6,11-12H,2-4,7-10H2,1H3,(H,25,26). The van der Waals surface area contributed by atoms with E-state index in [4.69, 9.17) is 0 Å². The van der Waals surface area contributed by atoms with Gasteiger partial charge < -0.3 is 19.5 Å². The number of anilines is 1. The number of fused-ring (bicyclic) bond motifs is 1. The van der Waals surface area contributed by atoms with Crippen LogP contribution in [0.15, 0.2) is 23.1 Å². The fraction of sp³-hybridized carbons (Fsp3) is 0.474. The van der Waals surface area contributed by atoms with E-state index in [9.17, 15) is 14.7 Å². The third-order valence-electron chi connectivity index (χ3n) is 5.44. The molecule has 1 aromatic heterocycles. The highest BCUT2D eigenvalue weighted by atomic mass is 19.1. The zero-order valence-corrected chi connectivity index (χ0v) is 14.7. The minimum absolute atomic E-state index is 0.0675. The number of hydrogen-bond donors (Lipinski definition) is 1. The van der Waals surface area contributed by atoms with Gasteiger partial charge in [-0.1, -0.05) is 6.92 Å². The molecule has 6 nitrogen and oxygen atoms in total. The van der Waals surface area contributed by atoms with Crippen LogP contribution >= 0.6 is 0 Å². The van der Waals surface area contributed by atoms with Crippen molar-refractivity contribution in [3.63, 3.8) is 0 Å². The lowest BCUT2D eigenvalue weighted by molar-refractivity contribution is 0.0695. The van der Waals surface area contributed by atoms with Crippen molar-refractivity contribution >= 4 is 22.6 Å². The molecule has 1 N–H and O–H groups in total. The normalized spacial score (nSPS) is 18.5. The summed E-state index contributed by atoms with van der Waals surface area (Å²) in [6.45, 7) is 6.31. The second-order valence-corrected chi connectivity index (χ2v) is 7.03. The zero-order chi connectivity index (χ0) is 18.4. The Morgan fingerprint density at radius 1 is 1.23 bits per heavy atom. The van der Waals surface area contributed by atoms with Crippen molar-refractivity contribution in [2.75, 3.05) is 37.6 Å². The van der Waals surface area contributed by atoms with Gasteiger partial charge in [-0.2, -0.15) is 0 Å². The first-order valence-electron chi connectivity index (χ1n) is 9.09. The van der Waals surface area contributed by atoms with Crippen LogP contribution in [0, 0.1) is 5.82 Å². The molecule has 1 saturated carbocycles. The van der Waals surface area contributed by atoms with Gasteiger partial charge in [-0.15, -0.1) is 0 Å². The highest BCUT2D eigenvalue weighted by Crippen LogP contribution is 2.39. The molecule has 26 heavy (non-hydrogen) atoms. The summed E-state index contributed by atoms with van der Waals surface area (Å²) in [7, 11) is 0. The number of pyridine rings is 1.